The van der Waals surface area contributed by atoms with E-state index in [-0.39, 0.29) is 11.7 Å². The number of carbonyl (C=O) groups is 1. The highest BCUT2D eigenvalue weighted by molar-refractivity contribution is 7.81. The van der Waals surface area contributed by atoms with Crippen molar-refractivity contribution in [2.45, 2.75) is 13.3 Å². The van der Waals surface area contributed by atoms with Crippen molar-refractivity contribution in [1.82, 2.24) is 15.3 Å². The summed E-state index contributed by atoms with van der Waals surface area (Å²) in [5, 5.41) is 2.79. The molecular formula is C12H15N3OS. The number of imidazole rings is 1. The molecular weight excluding hydrogens is 234 g/mol. The molecule has 1 amide bonds. The Hall–Kier alpha value is -1.49. The summed E-state index contributed by atoms with van der Waals surface area (Å²) in [6.07, 6.45) is 0.813. The molecule has 0 bridgehead atoms. The monoisotopic (exact) mass is 249 g/mol. The van der Waals surface area contributed by atoms with Crippen molar-refractivity contribution in [2.75, 3.05) is 12.3 Å². The van der Waals surface area contributed by atoms with Gasteiger partial charge in [0, 0.05) is 6.54 Å². The topological polar surface area (TPSA) is 57.8 Å². The fraction of sp³-hybridized carbons (Fsp3) is 0.333. The van der Waals surface area contributed by atoms with E-state index in [2.05, 4.69) is 34.0 Å². The largest absolute Gasteiger partial charge is 0.355 e. The second kappa shape index (κ2) is 5.23. The molecule has 0 saturated heterocycles. The van der Waals surface area contributed by atoms with Crippen molar-refractivity contribution < 1.29 is 4.79 Å². The summed E-state index contributed by atoms with van der Waals surface area (Å²) in [7, 11) is 0. The Morgan fingerprint density at radius 2 is 2.35 bits per heavy atom. The Morgan fingerprint density at radius 1 is 1.53 bits per heavy atom. The average molecular weight is 249 g/mol. The van der Waals surface area contributed by atoms with Crippen LogP contribution in [0.1, 0.15) is 11.4 Å². The van der Waals surface area contributed by atoms with Gasteiger partial charge in [0.1, 0.15) is 5.82 Å². The van der Waals surface area contributed by atoms with Gasteiger partial charge in [0.05, 0.1) is 16.8 Å². The number of aryl methyl sites for hydroxylation is 1. The summed E-state index contributed by atoms with van der Waals surface area (Å²) in [6, 6.07) is 6.10. The molecule has 1 heterocycles. The molecule has 1 aromatic heterocycles. The number of rotatable bonds is 4. The quantitative estimate of drug-likeness (QED) is 0.718. The maximum Gasteiger partial charge on any atom is 0.229 e. The first kappa shape index (κ1) is 12.0. The number of nitrogens with one attached hydrogen (secondary N) is 2. The minimum absolute atomic E-state index is 0.0354. The number of amides is 1. The SMILES string of the molecule is Cc1nc2ccc(CCNC(=O)CS)cc2[nH]1. The number of carbonyl (C=O) groups excluding carboxylic acids is 1. The summed E-state index contributed by atoms with van der Waals surface area (Å²) in [5.74, 6) is 1.12. The number of nitrogens with zero attached hydrogens (tertiary/aromatic N) is 1. The molecule has 2 aromatic rings. The van der Waals surface area contributed by atoms with Crippen LogP contribution in [-0.2, 0) is 11.2 Å². The van der Waals surface area contributed by atoms with Crippen molar-refractivity contribution in [2.24, 2.45) is 0 Å². The summed E-state index contributed by atoms with van der Waals surface area (Å²) < 4.78 is 0. The van der Waals surface area contributed by atoms with Crippen LogP contribution in [0, 0.1) is 6.92 Å². The Bertz CT molecular complexity index is 536. The van der Waals surface area contributed by atoms with Gasteiger partial charge in [0.25, 0.3) is 0 Å². The zero-order chi connectivity index (χ0) is 12.3. The van der Waals surface area contributed by atoms with Crippen molar-refractivity contribution in [3.8, 4) is 0 Å². The first-order chi connectivity index (χ1) is 8.19. The number of hydrogen-bond acceptors (Lipinski definition) is 3. The van der Waals surface area contributed by atoms with Gasteiger partial charge in [-0.05, 0) is 31.0 Å². The van der Waals surface area contributed by atoms with Gasteiger partial charge >= 0.3 is 0 Å². The van der Waals surface area contributed by atoms with Gasteiger partial charge in [0.2, 0.25) is 5.91 Å². The zero-order valence-electron chi connectivity index (χ0n) is 9.66. The van der Waals surface area contributed by atoms with Crippen LogP contribution in [0.3, 0.4) is 0 Å². The molecule has 2 rings (SSSR count). The smallest absolute Gasteiger partial charge is 0.229 e. The minimum atomic E-state index is -0.0354. The molecule has 0 saturated carbocycles. The molecule has 4 nitrogen and oxygen atoms in total. The lowest BCUT2D eigenvalue weighted by Crippen LogP contribution is -2.26. The second-order valence-corrected chi connectivity index (χ2v) is 4.25. The number of fused-ring (bicyclic) bond motifs is 1. The number of aromatic amines is 1. The third-order valence-corrected chi connectivity index (χ3v) is 2.83. The molecule has 5 heteroatoms. The number of thiol groups is 1. The third-order valence-electron chi connectivity index (χ3n) is 2.54. The van der Waals surface area contributed by atoms with E-state index >= 15 is 0 Å². The summed E-state index contributed by atoms with van der Waals surface area (Å²) in [4.78, 5) is 18.6. The van der Waals surface area contributed by atoms with Crippen LogP contribution in [-0.4, -0.2) is 28.2 Å². The lowest BCUT2D eigenvalue weighted by atomic mass is 10.1. The Balaban J connectivity index is 2.01. The number of H-pyrrole nitrogens is 1. The van der Waals surface area contributed by atoms with E-state index in [1.165, 1.54) is 5.56 Å². The van der Waals surface area contributed by atoms with Gasteiger partial charge in [-0.1, -0.05) is 6.07 Å². The van der Waals surface area contributed by atoms with E-state index in [1.54, 1.807) is 0 Å². The predicted molar refractivity (Wildman–Crippen MR) is 71.4 cm³/mol. The standard InChI is InChI=1S/C12H15N3OS/c1-8-14-10-3-2-9(6-11(10)15-8)4-5-13-12(16)7-17/h2-3,6,17H,4-5,7H2,1H3,(H,13,16)(H,14,15). The van der Waals surface area contributed by atoms with E-state index in [9.17, 15) is 4.79 Å². The lowest BCUT2D eigenvalue weighted by molar-refractivity contribution is -0.118. The van der Waals surface area contributed by atoms with E-state index in [1.807, 2.05) is 19.1 Å². The van der Waals surface area contributed by atoms with Crippen molar-refractivity contribution in [3.63, 3.8) is 0 Å². The fourth-order valence-electron chi connectivity index (χ4n) is 1.74. The highest BCUT2D eigenvalue weighted by atomic mass is 32.1. The van der Waals surface area contributed by atoms with Crippen LogP contribution in [0.5, 0.6) is 0 Å². The molecule has 0 unspecified atom stereocenters. The van der Waals surface area contributed by atoms with Gasteiger partial charge in [-0.15, -0.1) is 0 Å². The fourth-order valence-corrected chi connectivity index (χ4v) is 1.85. The molecule has 0 atom stereocenters. The Labute approximate surface area is 105 Å². The third kappa shape index (κ3) is 3.00. The zero-order valence-corrected chi connectivity index (χ0v) is 10.6. The number of aromatic nitrogens is 2. The van der Waals surface area contributed by atoms with Crippen LogP contribution in [0.4, 0.5) is 0 Å². The van der Waals surface area contributed by atoms with Crippen LogP contribution in [0.15, 0.2) is 18.2 Å². The molecule has 1 aromatic carbocycles. The first-order valence-corrected chi connectivity index (χ1v) is 6.15. The van der Waals surface area contributed by atoms with Crippen LogP contribution >= 0.6 is 12.6 Å². The van der Waals surface area contributed by atoms with Gasteiger partial charge < -0.3 is 10.3 Å². The summed E-state index contributed by atoms with van der Waals surface area (Å²) in [6.45, 7) is 2.57. The molecule has 0 aliphatic carbocycles. The number of hydrogen-bond donors (Lipinski definition) is 3. The maximum atomic E-state index is 11.0. The van der Waals surface area contributed by atoms with E-state index < -0.39 is 0 Å². The molecule has 2 N–H and O–H groups in total. The van der Waals surface area contributed by atoms with Crippen molar-refractivity contribution >= 4 is 29.6 Å². The molecule has 0 spiro atoms. The molecule has 0 aliphatic rings. The van der Waals surface area contributed by atoms with Crippen LogP contribution in [0.25, 0.3) is 11.0 Å². The lowest BCUT2D eigenvalue weighted by Gasteiger charge is -2.03. The summed E-state index contributed by atoms with van der Waals surface area (Å²) >= 11 is 3.90. The molecule has 0 fully saturated rings. The Morgan fingerprint density at radius 3 is 3.12 bits per heavy atom. The van der Waals surface area contributed by atoms with Crippen LogP contribution < -0.4 is 5.32 Å². The van der Waals surface area contributed by atoms with E-state index in [4.69, 9.17) is 0 Å². The second-order valence-electron chi connectivity index (χ2n) is 3.93. The van der Waals surface area contributed by atoms with E-state index in [0.29, 0.717) is 6.54 Å². The van der Waals surface area contributed by atoms with Crippen LogP contribution in [0.2, 0.25) is 0 Å². The average Bonchev–Trinajstić information content (AvgIpc) is 2.68. The first-order valence-electron chi connectivity index (χ1n) is 5.52. The predicted octanol–water partition coefficient (Wildman–Crippen LogP) is 1.46. The maximum absolute atomic E-state index is 11.0. The highest BCUT2D eigenvalue weighted by Gasteiger charge is 2.01. The van der Waals surface area contributed by atoms with E-state index in [0.717, 1.165) is 23.3 Å². The molecule has 17 heavy (non-hydrogen) atoms. The number of benzene rings is 1. The molecule has 90 valence electrons. The molecule has 0 aliphatic heterocycles. The van der Waals surface area contributed by atoms with Gasteiger partial charge in [0.15, 0.2) is 0 Å². The summed E-state index contributed by atoms with van der Waals surface area (Å²) in [5.41, 5.74) is 3.20. The molecule has 0 radical (unpaired) electrons. The van der Waals surface area contributed by atoms with Gasteiger partial charge in [-0.2, -0.15) is 12.6 Å². The van der Waals surface area contributed by atoms with Gasteiger partial charge in [-0.25, -0.2) is 4.98 Å². The minimum Gasteiger partial charge on any atom is -0.355 e. The van der Waals surface area contributed by atoms with Crippen molar-refractivity contribution in [1.29, 1.82) is 0 Å². The van der Waals surface area contributed by atoms with Gasteiger partial charge in [-0.3, -0.25) is 4.79 Å². The highest BCUT2D eigenvalue weighted by Crippen LogP contribution is 2.13. The van der Waals surface area contributed by atoms with Crippen molar-refractivity contribution in [3.05, 3.63) is 29.6 Å². The normalized spacial score (nSPS) is 10.7. The Kier molecular flexibility index (Phi) is 3.68.